The molecule has 0 aliphatic carbocycles. The molecule has 4 rings (SSSR count). The van der Waals surface area contributed by atoms with Crippen LogP contribution in [0.4, 0.5) is 0 Å². The number of hydrogen-bond donors (Lipinski definition) is 2. The summed E-state index contributed by atoms with van der Waals surface area (Å²) in [5.74, 6) is 1.35. The third kappa shape index (κ3) is 5.69. The number of aromatic nitrogens is 2. The maximum Gasteiger partial charge on any atom is 0.258 e. The minimum absolute atomic E-state index is 0.0836. The van der Waals surface area contributed by atoms with Crippen LogP contribution in [0.15, 0.2) is 65.5 Å². The molecule has 0 aliphatic heterocycles. The lowest BCUT2D eigenvalue weighted by atomic mass is 9.98. The van der Waals surface area contributed by atoms with Crippen molar-refractivity contribution in [1.82, 2.24) is 9.36 Å². The van der Waals surface area contributed by atoms with Crippen LogP contribution in [0.2, 0.25) is 0 Å². The van der Waals surface area contributed by atoms with Crippen molar-refractivity contribution in [2.75, 3.05) is 13.2 Å². The number of aryl methyl sites for hydroxylation is 2. The first-order valence-corrected chi connectivity index (χ1v) is 11.6. The number of aliphatic hydroxyl groups excluding tert-OH is 1. The van der Waals surface area contributed by atoms with Gasteiger partial charge in [0.1, 0.15) is 12.4 Å². The van der Waals surface area contributed by atoms with Gasteiger partial charge in [-0.25, -0.2) is 4.98 Å². The Bertz CT molecular complexity index is 1250. The van der Waals surface area contributed by atoms with Gasteiger partial charge in [-0.1, -0.05) is 29.7 Å². The van der Waals surface area contributed by atoms with E-state index < -0.39 is 0 Å². The minimum atomic E-state index is -0.0836. The zero-order valence-electron chi connectivity index (χ0n) is 18.6. The molecule has 6 nitrogen and oxygen atoms in total. The molecule has 2 aromatic heterocycles. The van der Waals surface area contributed by atoms with Crippen LogP contribution in [-0.4, -0.2) is 27.7 Å². The fourth-order valence-corrected chi connectivity index (χ4v) is 4.36. The van der Waals surface area contributed by atoms with Crippen LogP contribution < -0.4 is 15.0 Å². The van der Waals surface area contributed by atoms with Crippen molar-refractivity contribution in [2.45, 2.75) is 26.9 Å². The van der Waals surface area contributed by atoms with Gasteiger partial charge < -0.3 is 14.6 Å². The third-order valence-electron chi connectivity index (χ3n) is 5.21. The quantitative estimate of drug-likeness (QED) is 0.337. The van der Waals surface area contributed by atoms with Crippen LogP contribution >= 0.6 is 11.5 Å². The SMILES string of the molecule is Cc1cc(OCCCO)nc(C)c1-c1cccc(COc2ccc(-c3cc(=O)[nH]s3)cc2)c1. The summed E-state index contributed by atoms with van der Waals surface area (Å²) in [6.07, 6.45) is 0.583. The van der Waals surface area contributed by atoms with E-state index in [0.717, 1.165) is 44.1 Å². The van der Waals surface area contributed by atoms with Gasteiger partial charge >= 0.3 is 0 Å². The highest BCUT2D eigenvalue weighted by atomic mass is 32.1. The van der Waals surface area contributed by atoms with Gasteiger partial charge in [-0.2, -0.15) is 0 Å². The minimum Gasteiger partial charge on any atom is -0.489 e. The molecule has 0 amide bonds. The average Bonchev–Trinajstić information content (AvgIpc) is 3.24. The number of pyridine rings is 1. The van der Waals surface area contributed by atoms with Gasteiger partial charge in [0.25, 0.3) is 5.56 Å². The number of nitrogens with one attached hydrogen (secondary N) is 1. The lowest BCUT2D eigenvalue weighted by Crippen LogP contribution is -2.03. The van der Waals surface area contributed by atoms with Crippen LogP contribution in [0.5, 0.6) is 11.6 Å². The average molecular weight is 463 g/mol. The highest BCUT2D eigenvalue weighted by molar-refractivity contribution is 7.09. The molecule has 0 saturated carbocycles. The number of rotatable bonds is 9. The van der Waals surface area contributed by atoms with E-state index >= 15 is 0 Å². The zero-order chi connectivity index (χ0) is 23.2. The van der Waals surface area contributed by atoms with Gasteiger partial charge in [-0.05, 0) is 66.4 Å². The van der Waals surface area contributed by atoms with E-state index in [0.29, 0.717) is 25.5 Å². The van der Waals surface area contributed by atoms with Crippen molar-refractivity contribution in [1.29, 1.82) is 0 Å². The number of ether oxygens (including phenoxy) is 2. The molecule has 0 saturated heterocycles. The monoisotopic (exact) mass is 462 g/mol. The molecule has 2 aromatic carbocycles. The predicted octanol–water partition coefficient (Wildman–Crippen LogP) is 5.12. The van der Waals surface area contributed by atoms with E-state index in [1.54, 1.807) is 6.07 Å². The van der Waals surface area contributed by atoms with Crippen molar-refractivity contribution in [3.05, 3.63) is 87.8 Å². The van der Waals surface area contributed by atoms with Crippen LogP contribution in [-0.2, 0) is 6.61 Å². The molecule has 0 fully saturated rings. The molecule has 0 radical (unpaired) electrons. The van der Waals surface area contributed by atoms with Gasteiger partial charge in [0.15, 0.2) is 0 Å². The summed E-state index contributed by atoms with van der Waals surface area (Å²) < 4.78 is 14.3. The number of aromatic amines is 1. The number of benzene rings is 2. The van der Waals surface area contributed by atoms with E-state index in [1.165, 1.54) is 11.5 Å². The predicted molar refractivity (Wildman–Crippen MR) is 131 cm³/mol. The summed E-state index contributed by atoms with van der Waals surface area (Å²) in [6, 6.07) is 19.5. The van der Waals surface area contributed by atoms with E-state index in [4.69, 9.17) is 14.6 Å². The Balaban J connectivity index is 1.45. The Morgan fingerprint density at radius 1 is 1.00 bits per heavy atom. The fourth-order valence-electron chi connectivity index (χ4n) is 3.67. The topological polar surface area (TPSA) is 84.4 Å². The smallest absolute Gasteiger partial charge is 0.258 e. The Kier molecular flexibility index (Phi) is 7.22. The molecule has 0 aliphatic rings. The van der Waals surface area contributed by atoms with Crippen molar-refractivity contribution < 1.29 is 14.6 Å². The Hall–Kier alpha value is -3.42. The number of nitrogens with zero attached hydrogens (tertiary/aromatic N) is 1. The largest absolute Gasteiger partial charge is 0.489 e. The highest BCUT2D eigenvalue weighted by Crippen LogP contribution is 2.30. The zero-order valence-corrected chi connectivity index (χ0v) is 19.4. The van der Waals surface area contributed by atoms with Crippen molar-refractivity contribution in [3.63, 3.8) is 0 Å². The summed E-state index contributed by atoms with van der Waals surface area (Å²) >= 11 is 1.32. The molecule has 33 heavy (non-hydrogen) atoms. The molecular weight excluding hydrogens is 436 g/mol. The number of hydrogen-bond acceptors (Lipinski definition) is 6. The molecule has 2 N–H and O–H groups in total. The van der Waals surface area contributed by atoms with Crippen molar-refractivity contribution >= 4 is 11.5 Å². The molecular formula is C26H26N2O4S. The fraction of sp³-hybridized carbons (Fsp3) is 0.231. The highest BCUT2D eigenvalue weighted by Gasteiger charge is 2.11. The number of H-pyrrole nitrogens is 1. The first-order valence-electron chi connectivity index (χ1n) is 10.8. The Morgan fingerprint density at radius 3 is 2.52 bits per heavy atom. The maximum atomic E-state index is 11.3. The van der Waals surface area contributed by atoms with E-state index in [9.17, 15) is 4.79 Å². The van der Waals surface area contributed by atoms with Gasteiger partial charge in [-0.15, -0.1) is 0 Å². The molecule has 0 bridgehead atoms. The molecule has 7 heteroatoms. The Morgan fingerprint density at radius 2 is 1.82 bits per heavy atom. The standard InChI is InChI=1S/C26H26N2O4S/c1-17-13-25(31-12-4-11-29)27-18(2)26(17)21-6-3-5-19(14-21)16-32-22-9-7-20(8-10-22)23-15-24(30)28-33-23/h3,5-10,13-15,29H,4,11-12,16H2,1-2H3,(H,28,30). The van der Waals surface area contributed by atoms with Crippen molar-refractivity contribution in [3.8, 4) is 33.2 Å². The first-order chi connectivity index (χ1) is 16.0. The third-order valence-corrected chi connectivity index (χ3v) is 6.09. The van der Waals surface area contributed by atoms with Gasteiger partial charge in [0.2, 0.25) is 5.88 Å². The summed E-state index contributed by atoms with van der Waals surface area (Å²) in [5, 5.41) is 8.93. The van der Waals surface area contributed by atoms with E-state index in [1.807, 2.05) is 49.4 Å². The first kappa shape index (κ1) is 22.8. The van der Waals surface area contributed by atoms with Gasteiger partial charge in [0.05, 0.1) is 11.5 Å². The van der Waals surface area contributed by atoms with Gasteiger partial charge in [0, 0.05) is 36.4 Å². The molecule has 170 valence electrons. The van der Waals surface area contributed by atoms with E-state index in [-0.39, 0.29) is 12.2 Å². The van der Waals surface area contributed by atoms with E-state index in [2.05, 4.69) is 28.4 Å². The molecule has 4 aromatic rings. The lowest BCUT2D eigenvalue weighted by molar-refractivity contribution is 0.229. The molecule has 0 spiro atoms. The second-order valence-corrected chi connectivity index (χ2v) is 8.60. The summed E-state index contributed by atoms with van der Waals surface area (Å²) in [7, 11) is 0. The second kappa shape index (κ2) is 10.5. The van der Waals surface area contributed by atoms with Crippen LogP contribution in [0, 0.1) is 13.8 Å². The summed E-state index contributed by atoms with van der Waals surface area (Å²) in [5.41, 5.74) is 6.11. The maximum absolute atomic E-state index is 11.3. The molecule has 2 heterocycles. The van der Waals surface area contributed by atoms with Crippen molar-refractivity contribution in [2.24, 2.45) is 0 Å². The molecule has 0 unspecified atom stereocenters. The lowest BCUT2D eigenvalue weighted by Gasteiger charge is -2.14. The van der Waals surface area contributed by atoms with Gasteiger partial charge in [-0.3, -0.25) is 9.17 Å². The summed E-state index contributed by atoms with van der Waals surface area (Å²) in [6.45, 7) is 5.02. The van der Waals surface area contributed by atoms with Crippen LogP contribution in [0.25, 0.3) is 21.6 Å². The Labute approximate surface area is 196 Å². The van der Waals surface area contributed by atoms with Crippen LogP contribution in [0.3, 0.4) is 0 Å². The number of aliphatic hydroxyl groups is 1. The summed E-state index contributed by atoms with van der Waals surface area (Å²) in [4.78, 5) is 16.8. The second-order valence-electron chi connectivity index (χ2n) is 7.75. The molecule has 0 atom stereocenters. The normalized spacial score (nSPS) is 10.9. The van der Waals surface area contributed by atoms with Crippen LogP contribution in [0.1, 0.15) is 23.2 Å².